The van der Waals surface area contributed by atoms with Crippen LogP contribution in [0.2, 0.25) is 5.02 Å². The van der Waals surface area contributed by atoms with Gasteiger partial charge >= 0.3 is 0 Å². The molecule has 1 aromatic rings. The summed E-state index contributed by atoms with van der Waals surface area (Å²) in [6.45, 7) is 1.94. The van der Waals surface area contributed by atoms with Gasteiger partial charge in [-0.3, -0.25) is 0 Å². The van der Waals surface area contributed by atoms with Crippen molar-refractivity contribution in [1.29, 1.82) is 0 Å². The van der Waals surface area contributed by atoms with Gasteiger partial charge in [0.15, 0.2) is 0 Å². The van der Waals surface area contributed by atoms with Crippen LogP contribution in [0, 0.1) is 5.82 Å². The van der Waals surface area contributed by atoms with Crippen molar-refractivity contribution in [3.63, 3.8) is 0 Å². The molecule has 1 N–H and O–H groups in total. The summed E-state index contributed by atoms with van der Waals surface area (Å²) >= 11 is 5.78. The van der Waals surface area contributed by atoms with Gasteiger partial charge in [0, 0.05) is 18.6 Å². The predicted octanol–water partition coefficient (Wildman–Crippen LogP) is 3.20. The normalized spacial score (nSPS) is 14.6. The highest BCUT2D eigenvalue weighted by Crippen LogP contribution is 2.18. The molecule has 0 fully saturated rings. The number of hydrogen-bond donors (Lipinski definition) is 1. The molecule has 2 atom stereocenters. The molecule has 0 heterocycles. The second kappa shape index (κ2) is 6.94. The Bertz CT molecular complexity index is 357. The van der Waals surface area contributed by atoms with E-state index in [0.717, 1.165) is 6.42 Å². The smallest absolute Gasteiger partial charge is 0.126 e. The molecule has 1 rings (SSSR count). The van der Waals surface area contributed by atoms with E-state index in [4.69, 9.17) is 16.3 Å². The number of methoxy groups -OCH3 is 1. The summed E-state index contributed by atoms with van der Waals surface area (Å²) in [6, 6.07) is 4.38. The number of hydrogen-bond acceptors (Lipinski definition) is 2. The highest BCUT2D eigenvalue weighted by Gasteiger charge is 2.11. The Morgan fingerprint density at radius 1 is 1.41 bits per heavy atom. The zero-order chi connectivity index (χ0) is 12.8. The van der Waals surface area contributed by atoms with Gasteiger partial charge in [0.05, 0.1) is 12.2 Å². The molecule has 0 saturated heterocycles. The van der Waals surface area contributed by atoms with E-state index in [-0.39, 0.29) is 18.3 Å². The summed E-state index contributed by atoms with van der Waals surface area (Å²) in [6.07, 6.45) is 1.15. The van der Waals surface area contributed by atoms with Gasteiger partial charge in [-0.25, -0.2) is 4.39 Å². The first-order chi connectivity index (χ1) is 8.02. The fraction of sp³-hybridized carbons (Fsp3) is 0.538. The molecule has 0 aliphatic carbocycles. The van der Waals surface area contributed by atoms with Gasteiger partial charge in [-0.05, 0) is 43.5 Å². The molecular formula is C13H18ClFO2. The van der Waals surface area contributed by atoms with E-state index in [9.17, 15) is 9.50 Å². The van der Waals surface area contributed by atoms with E-state index in [1.165, 1.54) is 12.1 Å². The fourth-order valence-corrected chi connectivity index (χ4v) is 1.80. The van der Waals surface area contributed by atoms with Crippen molar-refractivity contribution < 1.29 is 14.2 Å². The Kier molecular flexibility index (Phi) is 5.89. The van der Waals surface area contributed by atoms with Crippen molar-refractivity contribution in [1.82, 2.24) is 0 Å². The molecule has 0 saturated carbocycles. The number of halogens is 2. The summed E-state index contributed by atoms with van der Waals surface area (Å²) in [4.78, 5) is 0. The lowest BCUT2D eigenvalue weighted by Gasteiger charge is -2.14. The first kappa shape index (κ1) is 14.4. The van der Waals surface area contributed by atoms with Crippen molar-refractivity contribution in [3.8, 4) is 0 Å². The van der Waals surface area contributed by atoms with Crippen LogP contribution in [0.1, 0.15) is 25.3 Å². The Morgan fingerprint density at radius 2 is 2.12 bits per heavy atom. The number of benzene rings is 1. The van der Waals surface area contributed by atoms with Crippen LogP contribution in [0.4, 0.5) is 4.39 Å². The van der Waals surface area contributed by atoms with Gasteiger partial charge in [0.25, 0.3) is 0 Å². The number of rotatable bonds is 6. The SMILES string of the molecule is COC(C)CCC(O)Cc1cc(Cl)ccc1F. The Labute approximate surface area is 106 Å². The van der Waals surface area contributed by atoms with Crippen LogP contribution >= 0.6 is 11.6 Å². The second-order valence-electron chi connectivity index (χ2n) is 4.22. The third kappa shape index (κ3) is 5.02. The highest BCUT2D eigenvalue weighted by molar-refractivity contribution is 6.30. The van der Waals surface area contributed by atoms with E-state index >= 15 is 0 Å². The van der Waals surface area contributed by atoms with Crippen LogP contribution in [0.25, 0.3) is 0 Å². The monoisotopic (exact) mass is 260 g/mol. The van der Waals surface area contributed by atoms with Crippen LogP contribution < -0.4 is 0 Å². The molecule has 4 heteroatoms. The number of aliphatic hydroxyl groups is 1. The van der Waals surface area contributed by atoms with Crippen LogP contribution in [0.15, 0.2) is 18.2 Å². The van der Waals surface area contributed by atoms with Gasteiger partial charge in [-0.15, -0.1) is 0 Å². The maximum Gasteiger partial charge on any atom is 0.126 e. The summed E-state index contributed by atoms with van der Waals surface area (Å²) in [5.74, 6) is -0.326. The molecular weight excluding hydrogens is 243 g/mol. The predicted molar refractivity (Wildman–Crippen MR) is 66.8 cm³/mol. The summed E-state index contributed by atoms with van der Waals surface area (Å²) in [5.41, 5.74) is 0.454. The summed E-state index contributed by atoms with van der Waals surface area (Å²) in [7, 11) is 1.63. The lowest BCUT2D eigenvalue weighted by molar-refractivity contribution is 0.0849. The average Bonchev–Trinajstić information content (AvgIpc) is 2.30. The van der Waals surface area contributed by atoms with E-state index in [1.54, 1.807) is 13.2 Å². The number of ether oxygens (including phenoxy) is 1. The maximum absolute atomic E-state index is 13.4. The minimum Gasteiger partial charge on any atom is -0.393 e. The molecule has 0 bridgehead atoms. The molecule has 0 aromatic heterocycles. The van der Waals surface area contributed by atoms with E-state index < -0.39 is 6.10 Å². The van der Waals surface area contributed by atoms with Crippen molar-refractivity contribution in [3.05, 3.63) is 34.6 Å². The summed E-state index contributed by atoms with van der Waals surface area (Å²) in [5, 5.41) is 10.3. The molecule has 2 unspecified atom stereocenters. The lowest BCUT2D eigenvalue weighted by Crippen LogP contribution is -2.15. The molecule has 0 radical (unpaired) electrons. The standard InChI is InChI=1S/C13H18ClFO2/c1-9(17-2)3-5-12(16)8-10-7-11(14)4-6-13(10)15/h4,6-7,9,12,16H,3,5,8H2,1-2H3. The quantitative estimate of drug-likeness (QED) is 0.851. The van der Waals surface area contributed by atoms with Crippen molar-refractivity contribution >= 4 is 11.6 Å². The van der Waals surface area contributed by atoms with Gasteiger partial charge in [-0.2, -0.15) is 0 Å². The van der Waals surface area contributed by atoms with Crippen molar-refractivity contribution in [2.75, 3.05) is 7.11 Å². The fourth-order valence-electron chi connectivity index (χ4n) is 1.60. The molecule has 0 aliphatic heterocycles. The molecule has 2 nitrogen and oxygen atoms in total. The Morgan fingerprint density at radius 3 is 2.76 bits per heavy atom. The Hall–Kier alpha value is -0.640. The van der Waals surface area contributed by atoms with Gasteiger partial charge in [-0.1, -0.05) is 11.6 Å². The van der Waals surface area contributed by atoms with Crippen LogP contribution in [-0.4, -0.2) is 24.4 Å². The average molecular weight is 261 g/mol. The first-order valence-corrected chi connectivity index (χ1v) is 6.05. The minimum absolute atomic E-state index is 0.105. The molecule has 0 amide bonds. The zero-order valence-electron chi connectivity index (χ0n) is 10.1. The van der Waals surface area contributed by atoms with Crippen molar-refractivity contribution in [2.45, 2.75) is 38.4 Å². The van der Waals surface area contributed by atoms with Gasteiger partial charge in [0.1, 0.15) is 5.82 Å². The van der Waals surface area contributed by atoms with Gasteiger partial charge in [0.2, 0.25) is 0 Å². The first-order valence-electron chi connectivity index (χ1n) is 5.67. The molecule has 0 spiro atoms. The van der Waals surface area contributed by atoms with Gasteiger partial charge < -0.3 is 9.84 Å². The third-order valence-corrected chi connectivity index (χ3v) is 3.01. The third-order valence-electron chi connectivity index (χ3n) is 2.77. The minimum atomic E-state index is -0.569. The number of aliphatic hydroxyl groups excluding tert-OH is 1. The molecule has 96 valence electrons. The van der Waals surface area contributed by atoms with E-state index in [2.05, 4.69) is 0 Å². The lowest BCUT2D eigenvalue weighted by atomic mass is 10.0. The molecule has 17 heavy (non-hydrogen) atoms. The molecule has 0 aliphatic rings. The summed E-state index contributed by atoms with van der Waals surface area (Å²) < 4.78 is 18.5. The maximum atomic E-state index is 13.4. The van der Waals surface area contributed by atoms with Crippen LogP contribution in [-0.2, 0) is 11.2 Å². The Balaban J connectivity index is 2.50. The zero-order valence-corrected chi connectivity index (χ0v) is 10.9. The largest absolute Gasteiger partial charge is 0.393 e. The highest BCUT2D eigenvalue weighted by atomic mass is 35.5. The van der Waals surface area contributed by atoms with Crippen LogP contribution in [0.5, 0.6) is 0 Å². The van der Waals surface area contributed by atoms with Crippen LogP contribution in [0.3, 0.4) is 0 Å². The topological polar surface area (TPSA) is 29.5 Å². The van der Waals surface area contributed by atoms with E-state index in [1.807, 2.05) is 6.92 Å². The molecule has 1 aromatic carbocycles. The second-order valence-corrected chi connectivity index (χ2v) is 4.65. The van der Waals surface area contributed by atoms with E-state index in [0.29, 0.717) is 17.0 Å². The van der Waals surface area contributed by atoms with Crippen molar-refractivity contribution in [2.24, 2.45) is 0 Å².